The maximum Gasteiger partial charge on any atom is 0.271 e. The molecule has 6 heteroatoms. The van der Waals surface area contributed by atoms with Crippen LogP contribution < -0.4 is 10.6 Å². The summed E-state index contributed by atoms with van der Waals surface area (Å²) in [5.74, 6) is 0.792. The minimum absolute atomic E-state index is 0.116. The van der Waals surface area contributed by atoms with Crippen LogP contribution in [0.5, 0.6) is 0 Å². The first kappa shape index (κ1) is 17.4. The number of nitrogens with one attached hydrogen (secondary N) is 2. The normalized spacial score (nSPS) is 16.8. The minimum Gasteiger partial charge on any atom is -0.376 e. The summed E-state index contributed by atoms with van der Waals surface area (Å²) in [7, 11) is 0. The molecule has 0 spiro atoms. The highest BCUT2D eigenvalue weighted by Crippen LogP contribution is 2.25. The molecule has 0 saturated carbocycles. The van der Waals surface area contributed by atoms with Crippen LogP contribution in [-0.2, 0) is 4.74 Å². The monoisotopic (exact) mass is 340 g/mol. The zero-order valence-corrected chi connectivity index (χ0v) is 14.7. The molecule has 0 aliphatic carbocycles. The van der Waals surface area contributed by atoms with Crippen molar-refractivity contribution in [3.05, 3.63) is 47.7 Å². The quantitative estimate of drug-likeness (QED) is 0.844. The second kappa shape index (κ2) is 8.07. The van der Waals surface area contributed by atoms with Crippen LogP contribution in [0.1, 0.15) is 48.7 Å². The predicted octanol–water partition coefficient (Wildman–Crippen LogP) is 3.25. The number of hydrogen-bond acceptors (Lipinski definition) is 5. The molecule has 1 aliphatic heterocycles. The van der Waals surface area contributed by atoms with Gasteiger partial charge in [0, 0.05) is 18.8 Å². The molecule has 0 bridgehead atoms. The van der Waals surface area contributed by atoms with Crippen molar-refractivity contribution < 1.29 is 9.53 Å². The molecule has 1 atom stereocenters. The van der Waals surface area contributed by atoms with Crippen LogP contribution in [0, 0.1) is 0 Å². The lowest BCUT2D eigenvalue weighted by molar-refractivity contribution is 0.0853. The third kappa shape index (κ3) is 4.54. The molecule has 132 valence electrons. The van der Waals surface area contributed by atoms with Crippen molar-refractivity contribution in [3.63, 3.8) is 0 Å². The molecular weight excluding hydrogens is 316 g/mol. The van der Waals surface area contributed by atoms with Gasteiger partial charge in [-0.3, -0.25) is 4.79 Å². The van der Waals surface area contributed by atoms with Crippen LogP contribution in [0.15, 0.2) is 36.4 Å². The average Bonchev–Trinajstić information content (AvgIpc) is 3.14. The first-order valence-electron chi connectivity index (χ1n) is 8.73. The highest BCUT2D eigenvalue weighted by molar-refractivity contribution is 5.92. The van der Waals surface area contributed by atoms with Gasteiger partial charge in [-0.05, 0) is 42.5 Å². The van der Waals surface area contributed by atoms with Crippen LogP contribution in [0.2, 0.25) is 0 Å². The number of anilines is 2. The van der Waals surface area contributed by atoms with E-state index in [2.05, 4.69) is 40.7 Å². The van der Waals surface area contributed by atoms with E-state index >= 15 is 0 Å². The summed E-state index contributed by atoms with van der Waals surface area (Å²) in [5.41, 5.74) is 2.52. The van der Waals surface area contributed by atoms with E-state index in [1.165, 1.54) is 5.56 Å². The molecule has 1 unspecified atom stereocenters. The van der Waals surface area contributed by atoms with Crippen molar-refractivity contribution in [2.45, 2.75) is 38.7 Å². The lowest BCUT2D eigenvalue weighted by atomic mass is 10.0. The molecule has 25 heavy (non-hydrogen) atoms. The third-order valence-electron chi connectivity index (χ3n) is 4.26. The number of carbonyl (C=O) groups excluding carboxylic acids is 1. The Morgan fingerprint density at radius 3 is 2.76 bits per heavy atom. The van der Waals surface area contributed by atoms with E-state index in [0.717, 1.165) is 25.1 Å². The first-order valence-corrected chi connectivity index (χ1v) is 8.73. The summed E-state index contributed by atoms with van der Waals surface area (Å²) in [6, 6.07) is 11.6. The number of carbonyl (C=O) groups is 1. The van der Waals surface area contributed by atoms with Crippen LogP contribution >= 0.6 is 0 Å². The molecule has 2 N–H and O–H groups in total. The fourth-order valence-corrected chi connectivity index (χ4v) is 2.87. The Balaban J connectivity index is 1.61. The van der Waals surface area contributed by atoms with Crippen molar-refractivity contribution in [2.24, 2.45) is 0 Å². The number of nitrogens with zero attached hydrogens (tertiary/aromatic N) is 2. The smallest absolute Gasteiger partial charge is 0.271 e. The maximum atomic E-state index is 12.1. The first-order chi connectivity index (χ1) is 12.1. The highest BCUT2D eigenvalue weighted by Gasteiger charge is 2.17. The number of ether oxygens (including phenoxy) is 1. The molecule has 1 fully saturated rings. The summed E-state index contributed by atoms with van der Waals surface area (Å²) in [4.78, 5) is 12.1. The molecule has 1 saturated heterocycles. The van der Waals surface area contributed by atoms with Crippen LogP contribution in [0.4, 0.5) is 11.5 Å². The SMILES string of the molecule is CC(C)c1ccccc1Nc1ccc(C(=O)NCC2CCCO2)nn1. The topological polar surface area (TPSA) is 76.1 Å². The van der Waals surface area contributed by atoms with Gasteiger partial charge in [0.25, 0.3) is 5.91 Å². The Hall–Kier alpha value is -2.47. The molecule has 0 radical (unpaired) electrons. The predicted molar refractivity (Wildman–Crippen MR) is 97.2 cm³/mol. The molecule has 1 aromatic carbocycles. The highest BCUT2D eigenvalue weighted by atomic mass is 16.5. The van der Waals surface area contributed by atoms with Gasteiger partial charge in [0.05, 0.1) is 6.10 Å². The van der Waals surface area contributed by atoms with Gasteiger partial charge < -0.3 is 15.4 Å². The van der Waals surface area contributed by atoms with Crippen molar-refractivity contribution in [2.75, 3.05) is 18.5 Å². The minimum atomic E-state index is -0.225. The van der Waals surface area contributed by atoms with E-state index in [0.29, 0.717) is 24.0 Å². The van der Waals surface area contributed by atoms with Gasteiger partial charge in [0.1, 0.15) is 0 Å². The third-order valence-corrected chi connectivity index (χ3v) is 4.26. The van der Waals surface area contributed by atoms with Crippen LogP contribution in [0.3, 0.4) is 0 Å². The standard InChI is InChI=1S/C19H24N4O2/c1-13(2)15-7-3-4-8-16(15)21-18-10-9-17(22-23-18)19(24)20-12-14-6-5-11-25-14/h3-4,7-10,13-14H,5-6,11-12H2,1-2H3,(H,20,24)(H,21,23). The summed E-state index contributed by atoms with van der Waals surface area (Å²) in [5, 5.41) is 14.3. The van der Waals surface area contributed by atoms with Gasteiger partial charge in [0.15, 0.2) is 11.5 Å². The fourth-order valence-electron chi connectivity index (χ4n) is 2.87. The Kier molecular flexibility index (Phi) is 5.60. The van der Waals surface area contributed by atoms with Crippen molar-refractivity contribution in [1.29, 1.82) is 0 Å². The largest absolute Gasteiger partial charge is 0.376 e. The van der Waals surface area contributed by atoms with E-state index in [9.17, 15) is 4.79 Å². The van der Waals surface area contributed by atoms with E-state index < -0.39 is 0 Å². The van der Waals surface area contributed by atoms with Crippen LogP contribution in [0.25, 0.3) is 0 Å². The number of aromatic nitrogens is 2. The molecule has 1 aromatic heterocycles. The Labute approximate surface area is 148 Å². The fraction of sp³-hybridized carbons (Fsp3) is 0.421. The molecule has 6 nitrogen and oxygen atoms in total. The zero-order chi connectivity index (χ0) is 17.6. The summed E-state index contributed by atoms with van der Waals surface area (Å²) >= 11 is 0. The van der Waals surface area contributed by atoms with Crippen molar-refractivity contribution >= 4 is 17.4 Å². The summed E-state index contributed by atoms with van der Waals surface area (Å²) < 4.78 is 5.49. The van der Waals surface area contributed by atoms with Crippen LogP contribution in [-0.4, -0.2) is 35.4 Å². The molecule has 2 aromatic rings. The number of benzene rings is 1. The number of amides is 1. The Morgan fingerprint density at radius 2 is 2.08 bits per heavy atom. The molecular formula is C19H24N4O2. The Bertz CT molecular complexity index is 710. The van der Waals surface area contributed by atoms with Crippen molar-refractivity contribution in [3.8, 4) is 0 Å². The summed E-state index contributed by atoms with van der Waals surface area (Å²) in [6.45, 7) is 5.59. The van der Waals surface area contributed by atoms with Gasteiger partial charge in [-0.25, -0.2) is 0 Å². The van der Waals surface area contributed by atoms with E-state index in [-0.39, 0.29) is 12.0 Å². The molecule has 1 aliphatic rings. The van der Waals surface area contributed by atoms with Gasteiger partial charge in [0.2, 0.25) is 0 Å². The van der Waals surface area contributed by atoms with Crippen molar-refractivity contribution in [1.82, 2.24) is 15.5 Å². The number of para-hydroxylation sites is 1. The van der Waals surface area contributed by atoms with Gasteiger partial charge >= 0.3 is 0 Å². The molecule has 1 amide bonds. The second-order valence-electron chi connectivity index (χ2n) is 6.52. The van der Waals surface area contributed by atoms with Gasteiger partial charge in [-0.1, -0.05) is 32.0 Å². The lowest BCUT2D eigenvalue weighted by Gasteiger charge is -2.14. The molecule has 3 rings (SSSR count). The second-order valence-corrected chi connectivity index (χ2v) is 6.52. The van der Waals surface area contributed by atoms with Gasteiger partial charge in [-0.2, -0.15) is 0 Å². The number of rotatable bonds is 6. The molecule has 2 heterocycles. The zero-order valence-electron chi connectivity index (χ0n) is 14.7. The van der Waals surface area contributed by atoms with E-state index in [1.54, 1.807) is 12.1 Å². The maximum absolute atomic E-state index is 12.1. The Morgan fingerprint density at radius 1 is 1.24 bits per heavy atom. The summed E-state index contributed by atoms with van der Waals surface area (Å²) in [6.07, 6.45) is 2.16. The number of hydrogen-bond donors (Lipinski definition) is 2. The van der Waals surface area contributed by atoms with Gasteiger partial charge in [-0.15, -0.1) is 10.2 Å². The van der Waals surface area contributed by atoms with E-state index in [1.807, 2.05) is 18.2 Å². The average molecular weight is 340 g/mol. The lowest BCUT2D eigenvalue weighted by Crippen LogP contribution is -2.32. The van der Waals surface area contributed by atoms with E-state index in [4.69, 9.17) is 4.74 Å².